The fraction of sp³-hybridized carbons (Fsp3) is 0.190. The van der Waals surface area contributed by atoms with Crippen molar-refractivity contribution >= 4 is 40.6 Å². The van der Waals surface area contributed by atoms with Gasteiger partial charge in [-0.25, -0.2) is 4.79 Å². The lowest BCUT2D eigenvalue weighted by molar-refractivity contribution is -0.132. The third-order valence-electron chi connectivity index (χ3n) is 3.59. The Hall–Kier alpha value is -3.01. The number of carbonyl (C=O) groups excluding carboxylic acids is 1. The van der Waals surface area contributed by atoms with E-state index < -0.39 is 5.97 Å². The normalized spacial score (nSPS) is 11.3. The summed E-state index contributed by atoms with van der Waals surface area (Å²) < 4.78 is 4.75. The maximum Gasteiger partial charge on any atom is 0.360 e. The molecule has 0 saturated heterocycles. The van der Waals surface area contributed by atoms with Crippen LogP contribution in [0.3, 0.4) is 0 Å². The van der Waals surface area contributed by atoms with Crippen molar-refractivity contribution in [3.05, 3.63) is 69.2 Å². The molecule has 6 nitrogen and oxygen atoms in total. The lowest BCUT2D eigenvalue weighted by Crippen LogP contribution is -2.19. The second kappa shape index (κ2) is 11.1. The van der Waals surface area contributed by atoms with Crippen molar-refractivity contribution in [3.63, 3.8) is 0 Å². The molecule has 0 radical (unpaired) electrons. The van der Waals surface area contributed by atoms with Gasteiger partial charge in [0.2, 0.25) is 0 Å². The Balaban J connectivity index is 2.16. The van der Waals surface area contributed by atoms with E-state index >= 15 is 0 Å². The number of oxime groups is 2. The highest BCUT2D eigenvalue weighted by molar-refractivity contribution is 6.43. The number of benzene rings is 2. The van der Waals surface area contributed by atoms with E-state index in [9.17, 15) is 4.79 Å². The van der Waals surface area contributed by atoms with Gasteiger partial charge in [-0.05, 0) is 25.0 Å². The molecule has 0 atom stereocenters. The van der Waals surface area contributed by atoms with Crippen molar-refractivity contribution in [3.8, 4) is 11.8 Å². The van der Waals surface area contributed by atoms with Gasteiger partial charge in [0.1, 0.15) is 19.4 Å². The standard InChI is InChI=1S/C21H18Cl2N2O4/c1-14(11-12-17-18(22)9-6-10-19(17)23)24-29-13-15-7-4-5-8-16(15)20(25-28-3)21(26)27-2/h4-10H,13H2,1-3H3/b24-14+,25-20+. The first-order valence-corrected chi connectivity index (χ1v) is 9.13. The summed E-state index contributed by atoms with van der Waals surface area (Å²) in [6, 6.07) is 12.2. The molecule has 0 saturated carbocycles. The highest BCUT2D eigenvalue weighted by Gasteiger charge is 2.19. The summed E-state index contributed by atoms with van der Waals surface area (Å²) in [4.78, 5) is 22.1. The van der Waals surface area contributed by atoms with Gasteiger partial charge in [-0.3, -0.25) is 0 Å². The molecule has 0 unspecified atom stereocenters. The van der Waals surface area contributed by atoms with Gasteiger partial charge in [0.25, 0.3) is 0 Å². The highest BCUT2D eigenvalue weighted by Crippen LogP contribution is 2.22. The van der Waals surface area contributed by atoms with Crippen molar-refractivity contribution in [2.24, 2.45) is 10.3 Å². The van der Waals surface area contributed by atoms with Crippen LogP contribution in [0.5, 0.6) is 0 Å². The second-order valence-electron chi connectivity index (χ2n) is 5.57. The van der Waals surface area contributed by atoms with E-state index in [2.05, 4.69) is 22.2 Å². The Kier molecular flexibility index (Phi) is 8.53. The number of ether oxygens (including phenoxy) is 1. The van der Waals surface area contributed by atoms with Crippen molar-refractivity contribution in [1.29, 1.82) is 0 Å². The molecule has 0 heterocycles. The van der Waals surface area contributed by atoms with Gasteiger partial charge in [0.15, 0.2) is 5.71 Å². The van der Waals surface area contributed by atoms with Crippen molar-refractivity contribution < 1.29 is 19.2 Å². The fourth-order valence-electron chi connectivity index (χ4n) is 2.25. The molecule has 8 heteroatoms. The minimum Gasteiger partial charge on any atom is -0.464 e. The van der Waals surface area contributed by atoms with E-state index in [4.69, 9.17) is 37.6 Å². The van der Waals surface area contributed by atoms with Crippen LogP contribution in [-0.2, 0) is 25.8 Å². The van der Waals surface area contributed by atoms with E-state index in [1.165, 1.54) is 14.2 Å². The van der Waals surface area contributed by atoms with Gasteiger partial charge in [-0.1, -0.05) is 69.8 Å². The van der Waals surface area contributed by atoms with Crippen LogP contribution in [0.2, 0.25) is 10.0 Å². The zero-order chi connectivity index (χ0) is 21.2. The number of hydrogen-bond donors (Lipinski definition) is 0. The predicted octanol–water partition coefficient (Wildman–Crippen LogP) is 4.46. The van der Waals surface area contributed by atoms with Crippen LogP contribution in [-0.4, -0.2) is 31.6 Å². The van der Waals surface area contributed by atoms with E-state index in [0.717, 1.165) is 0 Å². The van der Waals surface area contributed by atoms with E-state index in [0.29, 0.717) is 32.4 Å². The minimum atomic E-state index is -0.624. The monoisotopic (exact) mass is 432 g/mol. The number of methoxy groups -OCH3 is 1. The average Bonchev–Trinajstić information content (AvgIpc) is 2.71. The molecule has 0 N–H and O–H groups in total. The van der Waals surface area contributed by atoms with Crippen LogP contribution in [0.1, 0.15) is 23.6 Å². The quantitative estimate of drug-likeness (QED) is 0.292. The molecule has 2 aromatic carbocycles. The Bertz CT molecular complexity index is 987. The molecule has 0 aliphatic heterocycles. The summed E-state index contributed by atoms with van der Waals surface area (Å²) in [6.45, 7) is 1.78. The number of esters is 1. The van der Waals surface area contributed by atoms with Gasteiger partial charge in [0.05, 0.1) is 22.7 Å². The van der Waals surface area contributed by atoms with E-state index in [1.807, 2.05) is 0 Å². The Morgan fingerprint density at radius 1 is 1.03 bits per heavy atom. The molecule has 0 aromatic heterocycles. The Labute approximate surface area is 179 Å². The zero-order valence-corrected chi connectivity index (χ0v) is 17.5. The third-order valence-corrected chi connectivity index (χ3v) is 4.22. The summed E-state index contributed by atoms with van der Waals surface area (Å²) in [5.41, 5.74) is 2.17. The van der Waals surface area contributed by atoms with E-state index in [-0.39, 0.29) is 12.3 Å². The first kappa shape index (κ1) is 22.3. The molecule has 2 rings (SSSR count). The number of rotatable bonds is 6. The summed E-state index contributed by atoms with van der Waals surface area (Å²) in [5.74, 6) is 5.09. The lowest BCUT2D eigenvalue weighted by Gasteiger charge is -2.09. The van der Waals surface area contributed by atoms with Gasteiger partial charge >= 0.3 is 5.97 Å². The molecular formula is C21H18Cl2N2O4. The maximum atomic E-state index is 12.0. The van der Waals surface area contributed by atoms with Crippen molar-refractivity contribution in [1.82, 2.24) is 0 Å². The van der Waals surface area contributed by atoms with Crippen LogP contribution in [0.25, 0.3) is 0 Å². The Morgan fingerprint density at radius 3 is 2.38 bits per heavy atom. The summed E-state index contributed by atoms with van der Waals surface area (Å²) in [5, 5.41) is 8.64. The van der Waals surface area contributed by atoms with Crippen molar-refractivity contribution in [2.45, 2.75) is 13.5 Å². The molecule has 0 spiro atoms. The van der Waals surface area contributed by atoms with Crippen LogP contribution in [0.4, 0.5) is 0 Å². The zero-order valence-electron chi connectivity index (χ0n) is 16.0. The first-order chi connectivity index (χ1) is 14.0. The van der Waals surface area contributed by atoms with Gasteiger partial charge in [0, 0.05) is 11.1 Å². The van der Waals surface area contributed by atoms with Crippen LogP contribution in [0, 0.1) is 11.8 Å². The van der Waals surface area contributed by atoms with Crippen molar-refractivity contribution in [2.75, 3.05) is 14.2 Å². The SMILES string of the molecule is CO/N=C(/C(=O)OC)c1ccccc1CO/N=C(\C)C#Cc1c(Cl)cccc1Cl. The number of nitrogens with zero attached hydrogens (tertiary/aromatic N) is 2. The smallest absolute Gasteiger partial charge is 0.360 e. The molecule has 0 fully saturated rings. The second-order valence-corrected chi connectivity index (χ2v) is 6.38. The van der Waals surface area contributed by atoms with Gasteiger partial charge in [-0.15, -0.1) is 0 Å². The number of carbonyl (C=O) groups is 1. The Morgan fingerprint density at radius 2 is 1.72 bits per heavy atom. The number of halogens is 2. The molecular weight excluding hydrogens is 415 g/mol. The summed E-state index contributed by atoms with van der Waals surface area (Å²) in [6.07, 6.45) is 0. The van der Waals surface area contributed by atoms with E-state index in [1.54, 1.807) is 49.4 Å². The average molecular weight is 433 g/mol. The first-order valence-electron chi connectivity index (χ1n) is 8.38. The van der Waals surface area contributed by atoms with Crippen LogP contribution in [0.15, 0.2) is 52.8 Å². The van der Waals surface area contributed by atoms with Gasteiger partial charge in [-0.2, -0.15) is 0 Å². The lowest BCUT2D eigenvalue weighted by atomic mass is 10.0. The molecule has 150 valence electrons. The maximum absolute atomic E-state index is 12.0. The molecule has 0 bridgehead atoms. The summed E-state index contributed by atoms with van der Waals surface area (Å²) in [7, 11) is 2.61. The van der Waals surface area contributed by atoms with Crippen LogP contribution < -0.4 is 0 Å². The fourth-order valence-corrected chi connectivity index (χ4v) is 2.75. The third kappa shape index (κ3) is 6.24. The topological polar surface area (TPSA) is 69.5 Å². The molecule has 0 aliphatic rings. The largest absolute Gasteiger partial charge is 0.464 e. The molecule has 0 amide bonds. The van der Waals surface area contributed by atoms with Crippen LogP contribution >= 0.6 is 23.2 Å². The van der Waals surface area contributed by atoms with Gasteiger partial charge < -0.3 is 14.4 Å². The minimum absolute atomic E-state index is 0.0306. The predicted molar refractivity (Wildman–Crippen MR) is 113 cm³/mol. The highest BCUT2D eigenvalue weighted by atomic mass is 35.5. The molecule has 2 aromatic rings. The summed E-state index contributed by atoms with van der Waals surface area (Å²) >= 11 is 12.2. The number of hydrogen-bond acceptors (Lipinski definition) is 6. The molecule has 0 aliphatic carbocycles. The molecule has 29 heavy (non-hydrogen) atoms.